The van der Waals surface area contributed by atoms with E-state index in [0.29, 0.717) is 36.6 Å². The number of ether oxygens (including phenoxy) is 3. The molecule has 0 bridgehead atoms. The third kappa shape index (κ3) is 4.18. The minimum atomic E-state index is -3.08. The fourth-order valence-corrected chi connectivity index (χ4v) is 4.53. The molecule has 1 amide bonds. The zero-order valence-corrected chi connectivity index (χ0v) is 15.0. The van der Waals surface area contributed by atoms with E-state index in [4.69, 9.17) is 14.2 Å². The smallest absolute Gasteiger partial charge is 0.254 e. The van der Waals surface area contributed by atoms with Crippen LogP contribution in [0.1, 0.15) is 16.8 Å². The Kier molecular flexibility index (Phi) is 6.06. The van der Waals surface area contributed by atoms with Gasteiger partial charge in [-0.25, -0.2) is 8.42 Å². The standard InChI is InChI=1S/C16H23NO6S/c1-21-8-7-17(13-6-9-24(19,20)11-13)16(18)12-4-5-14(22-2)15(10-12)23-3/h4-5,10,13H,6-9,11H2,1-3H3/t13-/m0/s1. The van der Waals surface area contributed by atoms with E-state index in [1.54, 1.807) is 30.2 Å². The van der Waals surface area contributed by atoms with Gasteiger partial charge in [-0.1, -0.05) is 0 Å². The molecule has 1 heterocycles. The van der Waals surface area contributed by atoms with Gasteiger partial charge in [0.05, 0.1) is 32.3 Å². The van der Waals surface area contributed by atoms with E-state index in [1.807, 2.05) is 0 Å². The maximum Gasteiger partial charge on any atom is 0.254 e. The summed E-state index contributed by atoms with van der Waals surface area (Å²) in [6, 6.07) is 4.58. The Hall–Kier alpha value is -1.80. The molecule has 0 spiro atoms. The second-order valence-corrected chi connectivity index (χ2v) is 7.85. The molecule has 8 heteroatoms. The second kappa shape index (κ2) is 7.85. The quantitative estimate of drug-likeness (QED) is 0.723. The minimum Gasteiger partial charge on any atom is -0.493 e. The second-order valence-electron chi connectivity index (χ2n) is 5.62. The van der Waals surface area contributed by atoms with Gasteiger partial charge in [-0.2, -0.15) is 0 Å². The number of hydrogen-bond acceptors (Lipinski definition) is 6. The molecule has 0 N–H and O–H groups in total. The molecular weight excluding hydrogens is 334 g/mol. The van der Waals surface area contributed by atoms with Gasteiger partial charge in [0.1, 0.15) is 0 Å². The third-order valence-electron chi connectivity index (χ3n) is 4.08. The van der Waals surface area contributed by atoms with Crippen LogP contribution < -0.4 is 9.47 Å². The molecule has 1 aliphatic heterocycles. The van der Waals surface area contributed by atoms with Crippen LogP contribution in [-0.4, -0.2) is 71.3 Å². The third-order valence-corrected chi connectivity index (χ3v) is 5.83. The highest BCUT2D eigenvalue weighted by Gasteiger charge is 2.35. The molecule has 24 heavy (non-hydrogen) atoms. The van der Waals surface area contributed by atoms with E-state index in [9.17, 15) is 13.2 Å². The first-order chi connectivity index (χ1) is 11.4. The average molecular weight is 357 g/mol. The number of sulfone groups is 1. The summed E-state index contributed by atoms with van der Waals surface area (Å²) in [6.07, 6.45) is 0.449. The highest BCUT2D eigenvalue weighted by Crippen LogP contribution is 2.29. The molecule has 0 unspecified atom stereocenters. The molecule has 0 aliphatic carbocycles. The first-order valence-corrected chi connectivity index (χ1v) is 9.46. The number of nitrogens with zero attached hydrogens (tertiary/aromatic N) is 1. The largest absolute Gasteiger partial charge is 0.493 e. The van der Waals surface area contributed by atoms with Crippen LogP contribution in [0.5, 0.6) is 11.5 Å². The molecule has 7 nitrogen and oxygen atoms in total. The fourth-order valence-electron chi connectivity index (χ4n) is 2.80. The van der Waals surface area contributed by atoms with Gasteiger partial charge in [0.25, 0.3) is 5.91 Å². The van der Waals surface area contributed by atoms with Crippen LogP contribution in [0.4, 0.5) is 0 Å². The maximum absolute atomic E-state index is 12.9. The first kappa shape index (κ1) is 18.5. The van der Waals surface area contributed by atoms with Crippen molar-refractivity contribution in [2.75, 3.05) is 46.0 Å². The van der Waals surface area contributed by atoms with Crippen LogP contribution in [0.25, 0.3) is 0 Å². The van der Waals surface area contributed by atoms with Crippen LogP contribution in [0, 0.1) is 0 Å². The number of benzene rings is 1. The van der Waals surface area contributed by atoms with E-state index < -0.39 is 9.84 Å². The molecule has 0 aromatic heterocycles. The summed E-state index contributed by atoms with van der Waals surface area (Å²) in [6.45, 7) is 0.680. The van der Waals surface area contributed by atoms with Crippen molar-refractivity contribution in [3.63, 3.8) is 0 Å². The number of hydrogen-bond donors (Lipinski definition) is 0. The highest BCUT2D eigenvalue weighted by molar-refractivity contribution is 7.91. The highest BCUT2D eigenvalue weighted by atomic mass is 32.2. The van der Waals surface area contributed by atoms with E-state index in [0.717, 1.165) is 0 Å². The zero-order valence-electron chi connectivity index (χ0n) is 14.1. The molecule has 1 fully saturated rings. The Morgan fingerprint density at radius 1 is 1.21 bits per heavy atom. The lowest BCUT2D eigenvalue weighted by Gasteiger charge is -2.28. The number of rotatable bonds is 7. The zero-order chi connectivity index (χ0) is 17.7. The van der Waals surface area contributed by atoms with E-state index in [-0.39, 0.29) is 23.5 Å². The van der Waals surface area contributed by atoms with Crippen LogP contribution in [0.2, 0.25) is 0 Å². The van der Waals surface area contributed by atoms with Crippen molar-refractivity contribution < 1.29 is 27.4 Å². The molecule has 1 atom stereocenters. The number of amides is 1. The Morgan fingerprint density at radius 3 is 2.46 bits per heavy atom. The monoisotopic (exact) mass is 357 g/mol. The average Bonchev–Trinajstić information content (AvgIpc) is 2.94. The van der Waals surface area contributed by atoms with Gasteiger partial charge >= 0.3 is 0 Å². The van der Waals surface area contributed by atoms with Crippen molar-refractivity contribution in [3.05, 3.63) is 23.8 Å². The van der Waals surface area contributed by atoms with Crippen molar-refractivity contribution in [3.8, 4) is 11.5 Å². The predicted octanol–water partition coefficient (Wildman–Crippen LogP) is 0.980. The van der Waals surface area contributed by atoms with E-state index in [1.165, 1.54) is 14.2 Å². The summed E-state index contributed by atoms with van der Waals surface area (Å²) in [7, 11) is 1.48. The van der Waals surface area contributed by atoms with Crippen molar-refractivity contribution in [2.24, 2.45) is 0 Å². The van der Waals surface area contributed by atoms with E-state index in [2.05, 4.69) is 0 Å². The number of methoxy groups -OCH3 is 3. The first-order valence-electron chi connectivity index (χ1n) is 7.64. The number of carbonyl (C=O) groups excluding carboxylic acids is 1. The Morgan fingerprint density at radius 2 is 1.92 bits per heavy atom. The van der Waals surface area contributed by atoms with Crippen molar-refractivity contribution in [1.82, 2.24) is 4.90 Å². The van der Waals surface area contributed by atoms with Crippen LogP contribution in [-0.2, 0) is 14.6 Å². The summed E-state index contributed by atoms with van der Waals surface area (Å²) < 4.78 is 39.0. The Balaban J connectivity index is 2.27. The summed E-state index contributed by atoms with van der Waals surface area (Å²) in [4.78, 5) is 14.5. The minimum absolute atomic E-state index is 0.00422. The van der Waals surface area contributed by atoms with Gasteiger partial charge < -0.3 is 19.1 Å². The molecule has 1 aliphatic rings. The van der Waals surface area contributed by atoms with Gasteiger partial charge in [-0.15, -0.1) is 0 Å². The lowest BCUT2D eigenvalue weighted by molar-refractivity contribution is 0.0624. The van der Waals surface area contributed by atoms with Gasteiger partial charge in [0.2, 0.25) is 0 Å². The summed E-state index contributed by atoms with van der Waals surface area (Å²) in [5.74, 6) is 0.848. The predicted molar refractivity (Wildman–Crippen MR) is 89.5 cm³/mol. The molecular formula is C16H23NO6S. The molecule has 0 radical (unpaired) electrons. The number of carbonyl (C=O) groups is 1. The Bertz CT molecular complexity index is 688. The fraction of sp³-hybridized carbons (Fsp3) is 0.562. The van der Waals surface area contributed by atoms with Gasteiger partial charge in [-0.3, -0.25) is 4.79 Å². The summed E-state index contributed by atoms with van der Waals surface area (Å²) >= 11 is 0. The van der Waals surface area contributed by atoms with Crippen LogP contribution >= 0.6 is 0 Å². The SMILES string of the molecule is COCCN(C(=O)c1ccc(OC)c(OC)c1)[C@H]1CCS(=O)(=O)C1. The molecule has 1 saturated heterocycles. The maximum atomic E-state index is 12.9. The Labute approximate surface area is 142 Å². The van der Waals surface area contributed by atoms with Crippen molar-refractivity contribution in [1.29, 1.82) is 0 Å². The molecule has 1 aromatic carbocycles. The normalized spacial score (nSPS) is 19.0. The molecule has 1 aromatic rings. The van der Waals surface area contributed by atoms with Crippen molar-refractivity contribution in [2.45, 2.75) is 12.5 Å². The summed E-state index contributed by atoms with van der Waals surface area (Å²) in [5.41, 5.74) is 0.424. The molecule has 0 saturated carbocycles. The van der Waals surface area contributed by atoms with Gasteiger partial charge in [0.15, 0.2) is 21.3 Å². The van der Waals surface area contributed by atoms with Crippen molar-refractivity contribution >= 4 is 15.7 Å². The van der Waals surface area contributed by atoms with Crippen LogP contribution in [0.15, 0.2) is 18.2 Å². The van der Waals surface area contributed by atoms with Crippen LogP contribution in [0.3, 0.4) is 0 Å². The van der Waals surface area contributed by atoms with Gasteiger partial charge in [0, 0.05) is 25.3 Å². The van der Waals surface area contributed by atoms with Gasteiger partial charge in [-0.05, 0) is 24.6 Å². The molecule has 2 rings (SSSR count). The summed E-state index contributed by atoms with van der Waals surface area (Å²) in [5, 5.41) is 0. The molecule has 134 valence electrons. The lowest BCUT2D eigenvalue weighted by atomic mass is 10.1. The van der Waals surface area contributed by atoms with E-state index >= 15 is 0 Å². The lowest BCUT2D eigenvalue weighted by Crippen LogP contribution is -2.43. The topological polar surface area (TPSA) is 82.1 Å².